The highest BCUT2D eigenvalue weighted by Gasteiger charge is 2.39. The number of anilines is 1. The van der Waals surface area contributed by atoms with Crippen LogP contribution in [0.4, 0.5) is 5.69 Å². The fraction of sp³-hybridized carbons (Fsp3) is 0.276. The molecule has 3 aromatic carbocycles. The lowest BCUT2D eigenvalue weighted by Crippen LogP contribution is -2.30. The summed E-state index contributed by atoms with van der Waals surface area (Å²) in [6.07, 6.45) is 5.49. The highest BCUT2D eigenvalue weighted by molar-refractivity contribution is 9.10. The summed E-state index contributed by atoms with van der Waals surface area (Å²) >= 11 is 10.0. The van der Waals surface area contributed by atoms with E-state index in [1.807, 2.05) is 49.4 Å². The zero-order chi connectivity index (χ0) is 25.4. The average Bonchev–Trinajstić information content (AvgIpc) is 3.38. The molecule has 3 atom stereocenters. The van der Waals surface area contributed by atoms with Gasteiger partial charge in [0.15, 0.2) is 11.5 Å². The van der Waals surface area contributed by atoms with Crippen molar-refractivity contribution in [3.05, 3.63) is 98.0 Å². The van der Waals surface area contributed by atoms with Crippen molar-refractivity contribution in [3.8, 4) is 11.5 Å². The van der Waals surface area contributed by atoms with E-state index in [1.165, 1.54) is 12.7 Å². The van der Waals surface area contributed by atoms with Crippen LogP contribution >= 0.6 is 27.5 Å². The predicted molar refractivity (Wildman–Crippen MR) is 145 cm³/mol. The maximum atomic E-state index is 12.3. The third-order valence-electron chi connectivity index (χ3n) is 7.14. The smallest absolute Gasteiger partial charge is 0.338 e. The van der Waals surface area contributed by atoms with E-state index in [4.69, 9.17) is 25.8 Å². The molecule has 0 fully saturated rings. The molecule has 0 radical (unpaired) electrons. The Kier molecular flexibility index (Phi) is 7.00. The van der Waals surface area contributed by atoms with Crippen molar-refractivity contribution in [2.75, 3.05) is 19.5 Å². The Balaban J connectivity index is 1.50. The van der Waals surface area contributed by atoms with Gasteiger partial charge in [0.2, 0.25) is 0 Å². The van der Waals surface area contributed by atoms with Crippen LogP contribution in [-0.2, 0) is 11.3 Å². The van der Waals surface area contributed by atoms with Gasteiger partial charge < -0.3 is 19.5 Å². The van der Waals surface area contributed by atoms with Gasteiger partial charge in [-0.3, -0.25) is 0 Å². The standard InChI is InChI=1S/C29H27BrClNO4/c1-16-19(29(33)35-3)11-12-22-20-8-6-9-21(20)27(32-26(16)22)18-13-23(30)28(25(14-18)34-2)36-15-17-7-4-5-10-24(17)31/h4-8,10-14,20-21,27,32H,9,15H2,1-3H3/t20-,21+,27+/m0/s1. The zero-order valence-corrected chi connectivity index (χ0v) is 22.7. The topological polar surface area (TPSA) is 56.8 Å². The molecule has 3 aromatic rings. The summed E-state index contributed by atoms with van der Waals surface area (Å²) < 4.78 is 17.7. The number of carbonyl (C=O) groups is 1. The largest absolute Gasteiger partial charge is 0.493 e. The molecule has 0 saturated heterocycles. The van der Waals surface area contributed by atoms with Gasteiger partial charge in [0.25, 0.3) is 0 Å². The number of benzene rings is 3. The number of fused-ring (bicyclic) bond motifs is 3. The van der Waals surface area contributed by atoms with Crippen molar-refractivity contribution in [2.24, 2.45) is 5.92 Å². The number of nitrogens with one attached hydrogen (secondary N) is 1. The first-order valence-electron chi connectivity index (χ1n) is 11.8. The summed E-state index contributed by atoms with van der Waals surface area (Å²) in [7, 11) is 3.05. The lowest BCUT2D eigenvalue weighted by molar-refractivity contribution is 0.0600. The lowest BCUT2D eigenvalue weighted by Gasteiger charge is -2.39. The normalized spacial score (nSPS) is 19.8. The molecule has 5 rings (SSSR count). The number of hydrogen-bond donors (Lipinski definition) is 1. The molecule has 186 valence electrons. The van der Waals surface area contributed by atoms with E-state index in [0.717, 1.165) is 33.3 Å². The Morgan fingerprint density at radius 3 is 2.72 bits per heavy atom. The molecular formula is C29H27BrClNO4. The van der Waals surface area contributed by atoms with Crippen LogP contribution in [0, 0.1) is 12.8 Å². The first-order valence-corrected chi connectivity index (χ1v) is 13.0. The van der Waals surface area contributed by atoms with Crippen molar-refractivity contribution < 1.29 is 19.0 Å². The molecule has 0 bridgehead atoms. The zero-order valence-electron chi connectivity index (χ0n) is 20.3. The van der Waals surface area contributed by atoms with Crippen LogP contribution in [0.15, 0.2) is 65.2 Å². The van der Waals surface area contributed by atoms with E-state index in [9.17, 15) is 4.79 Å². The summed E-state index contributed by atoms with van der Waals surface area (Å²) in [4.78, 5) is 12.3. The van der Waals surface area contributed by atoms with Crippen molar-refractivity contribution in [3.63, 3.8) is 0 Å². The Hall–Kier alpha value is -2.96. The van der Waals surface area contributed by atoms with E-state index in [2.05, 4.69) is 39.5 Å². The Labute approximate surface area is 224 Å². The minimum absolute atomic E-state index is 0.0203. The van der Waals surface area contributed by atoms with Crippen molar-refractivity contribution >= 4 is 39.2 Å². The van der Waals surface area contributed by atoms with Crippen LogP contribution in [0.2, 0.25) is 5.02 Å². The van der Waals surface area contributed by atoms with Crippen molar-refractivity contribution in [1.29, 1.82) is 0 Å². The summed E-state index contributed by atoms with van der Waals surface area (Å²) in [6.45, 7) is 2.30. The number of halogens is 2. The predicted octanol–water partition coefficient (Wildman–Crippen LogP) is 7.61. The van der Waals surface area contributed by atoms with Gasteiger partial charge in [-0.15, -0.1) is 0 Å². The Morgan fingerprint density at radius 2 is 1.97 bits per heavy atom. The van der Waals surface area contributed by atoms with Gasteiger partial charge in [-0.05, 0) is 76.1 Å². The molecule has 0 unspecified atom stereocenters. The lowest BCUT2D eigenvalue weighted by atomic mass is 9.76. The Morgan fingerprint density at radius 1 is 1.17 bits per heavy atom. The average molecular weight is 569 g/mol. The number of hydrogen-bond acceptors (Lipinski definition) is 5. The van der Waals surface area contributed by atoms with Gasteiger partial charge in [-0.1, -0.05) is 48.0 Å². The van der Waals surface area contributed by atoms with Crippen molar-refractivity contribution in [2.45, 2.75) is 31.9 Å². The second-order valence-corrected chi connectivity index (χ2v) is 10.3. The quantitative estimate of drug-likeness (QED) is 0.245. The molecule has 0 saturated carbocycles. The molecule has 1 aliphatic heterocycles. The van der Waals surface area contributed by atoms with E-state index in [-0.39, 0.29) is 17.9 Å². The number of ether oxygens (including phenoxy) is 3. The van der Waals surface area contributed by atoms with Crippen LogP contribution in [0.3, 0.4) is 0 Å². The van der Waals surface area contributed by atoms with Crippen LogP contribution in [0.25, 0.3) is 0 Å². The molecule has 5 nitrogen and oxygen atoms in total. The molecule has 0 aromatic heterocycles. The summed E-state index contributed by atoms with van der Waals surface area (Å²) in [5, 5.41) is 4.42. The van der Waals surface area contributed by atoms with Crippen LogP contribution in [-0.4, -0.2) is 20.2 Å². The second-order valence-electron chi connectivity index (χ2n) is 9.08. The fourth-order valence-electron chi connectivity index (χ4n) is 5.30. The number of rotatable bonds is 6. The summed E-state index contributed by atoms with van der Waals surface area (Å²) in [5.41, 5.74) is 5.65. The maximum Gasteiger partial charge on any atom is 0.338 e. The SMILES string of the molecule is COC(=O)c1ccc2c(c1C)N[C@H](c1cc(Br)c(OCc3ccccc3Cl)c(OC)c1)[C@@H]1CC=C[C@H]21. The molecule has 7 heteroatoms. The van der Waals surface area contributed by atoms with Gasteiger partial charge >= 0.3 is 5.97 Å². The van der Waals surface area contributed by atoms with E-state index >= 15 is 0 Å². The third kappa shape index (κ3) is 4.37. The summed E-state index contributed by atoms with van der Waals surface area (Å²) in [5.74, 6) is 1.54. The minimum Gasteiger partial charge on any atom is -0.493 e. The van der Waals surface area contributed by atoms with Gasteiger partial charge in [0, 0.05) is 22.2 Å². The molecule has 1 heterocycles. The van der Waals surface area contributed by atoms with Crippen molar-refractivity contribution in [1.82, 2.24) is 0 Å². The number of esters is 1. The molecule has 36 heavy (non-hydrogen) atoms. The van der Waals surface area contributed by atoms with Crippen LogP contribution in [0.5, 0.6) is 11.5 Å². The maximum absolute atomic E-state index is 12.3. The first-order chi connectivity index (χ1) is 17.4. The fourth-order valence-corrected chi connectivity index (χ4v) is 6.06. The molecule has 2 aliphatic rings. The highest BCUT2D eigenvalue weighted by atomic mass is 79.9. The number of methoxy groups -OCH3 is 2. The van der Waals surface area contributed by atoms with Gasteiger partial charge in [-0.25, -0.2) is 4.79 Å². The van der Waals surface area contributed by atoms with Gasteiger partial charge in [0.05, 0.1) is 30.3 Å². The number of allylic oxidation sites excluding steroid dienone is 2. The molecule has 0 amide bonds. The first kappa shape index (κ1) is 24.7. The second kappa shape index (κ2) is 10.2. The Bertz CT molecular complexity index is 1360. The van der Waals surface area contributed by atoms with E-state index in [0.29, 0.717) is 34.6 Å². The third-order valence-corrected chi connectivity index (χ3v) is 8.10. The summed E-state index contributed by atoms with van der Waals surface area (Å²) in [6, 6.07) is 15.7. The van der Waals surface area contributed by atoms with Gasteiger partial charge in [0.1, 0.15) is 6.61 Å². The number of carbonyl (C=O) groups excluding carboxylic acids is 1. The van der Waals surface area contributed by atoms with Crippen LogP contribution < -0.4 is 14.8 Å². The molecule has 1 aliphatic carbocycles. The van der Waals surface area contributed by atoms with E-state index in [1.54, 1.807) is 7.11 Å². The molecule has 0 spiro atoms. The minimum atomic E-state index is -0.331. The van der Waals surface area contributed by atoms with E-state index < -0.39 is 0 Å². The monoisotopic (exact) mass is 567 g/mol. The molecule has 1 N–H and O–H groups in total. The molecular weight excluding hydrogens is 542 g/mol. The van der Waals surface area contributed by atoms with Gasteiger partial charge in [-0.2, -0.15) is 0 Å². The van der Waals surface area contributed by atoms with Crippen LogP contribution in [0.1, 0.15) is 51.0 Å². The highest BCUT2D eigenvalue weighted by Crippen LogP contribution is 2.52.